The van der Waals surface area contributed by atoms with Crippen molar-refractivity contribution in [3.63, 3.8) is 0 Å². The fourth-order valence-corrected chi connectivity index (χ4v) is 4.11. The Hall–Kier alpha value is -3.49. The summed E-state index contributed by atoms with van der Waals surface area (Å²) in [6.45, 7) is 9.83. The number of rotatable bonds is 7. The van der Waals surface area contributed by atoms with Crippen LogP contribution in [0.25, 0.3) is 5.82 Å². The van der Waals surface area contributed by atoms with E-state index in [2.05, 4.69) is 61.4 Å². The molecular weight excluding hydrogens is 404 g/mol. The third-order valence-electron chi connectivity index (χ3n) is 6.08. The highest BCUT2D eigenvalue weighted by atomic mass is 16.1. The molecule has 1 aliphatic heterocycles. The zero-order chi connectivity index (χ0) is 22.5. The molecule has 4 rings (SSSR count). The van der Waals surface area contributed by atoms with Crippen molar-refractivity contribution in [3.8, 4) is 5.82 Å². The van der Waals surface area contributed by atoms with Gasteiger partial charge in [-0.15, -0.1) is 10.2 Å². The topological polar surface area (TPSA) is 92.1 Å². The van der Waals surface area contributed by atoms with Crippen molar-refractivity contribution in [1.82, 2.24) is 25.0 Å². The number of nitrogens with zero attached hydrogens (tertiary/aromatic N) is 7. The second kappa shape index (κ2) is 9.76. The van der Waals surface area contributed by atoms with E-state index >= 15 is 0 Å². The standard InChI is InChI=1S/C23H30N8O/c1-4-29(5-2)19-6-7-20(17(3)14-19)26-23(32)18-10-12-30(13-11-18)21-8-9-22(28-27-21)31-16-24-15-25-31/h6-9,14-16,18H,4-5,10-13H2,1-3H3,(H,26,32). The molecule has 0 radical (unpaired) electrons. The van der Waals surface area contributed by atoms with Crippen LogP contribution in [0.4, 0.5) is 17.2 Å². The minimum absolute atomic E-state index is 0.00418. The molecule has 3 heterocycles. The van der Waals surface area contributed by atoms with Crippen molar-refractivity contribution in [3.05, 3.63) is 48.5 Å². The summed E-state index contributed by atoms with van der Waals surface area (Å²) in [6.07, 6.45) is 4.63. The molecule has 1 amide bonds. The van der Waals surface area contributed by atoms with Crippen LogP contribution in [0.3, 0.4) is 0 Å². The zero-order valence-corrected chi connectivity index (χ0v) is 18.9. The molecule has 168 valence electrons. The van der Waals surface area contributed by atoms with E-state index in [4.69, 9.17) is 0 Å². The van der Waals surface area contributed by atoms with Gasteiger partial charge < -0.3 is 15.1 Å². The fourth-order valence-electron chi connectivity index (χ4n) is 4.11. The van der Waals surface area contributed by atoms with Gasteiger partial charge in [0.1, 0.15) is 12.7 Å². The number of hydrogen-bond acceptors (Lipinski definition) is 7. The molecule has 2 aromatic heterocycles. The Kier molecular flexibility index (Phi) is 6.63. The molecular formula is C23H30N8O. The van der Waals surface area contributed by atoms with Crippen molar-refractivity contribution in [1.29, 1.82) is 0 Å². The second-order valence-electron chi connectivity index (χ2n) is 8.01. The number of nitrogens with one attached hydrogen (secondary N) is 1. The molecule has 0 saturated carbocycles. The van der Waals surface area contributed by atoms with E-state index in [0.717, 1.165) is 56.1 Å². The van der Waals surface area contributed by atoms with Crippen LogP contribution in [-0.4, -0.2) is 57.0 Å². The predicted octanol–water partition coefficient (Wildman–Crippen LogP) is 3.07. The number of aryl methyl sites for hydroxylation is 1. The molecule has 32 heavy (non-hydrogen) atoms. The van der Waals surface area contributed by atoms with Gasteiger partial charge in [-0.2, -0.15) is 5.10 Å². The Bertz CT molecular complexity index is 1020. The maximum atomic E-state index is 12.9. The van der Waals surface area contributed by atoms with Gasteiger partial charge in [0.15, 0.2) is 11.6 Å². The molecule has 0 bridgehead atoms. The van der Waals surface area contributed by atoms with E-state index in [-0.39, 0.29) is 11.8 Å². The highest BCUT2D eigenvalue weighted by Crippen LogP contribution is 2.26. The van der Waals surface area contributed by atoms with Crippen molar-refractivity contribution < 1.29 is 4.79 Å². The van der Waals surface area contributed by atoms with Crippen molar-refractivity contribution >= 4 is 23.1 Å². The SMILES string of the molecule is CCN(CC)c1ccc(NC(=O)C2CCN(c3ccc(-n4cncn4)nn3)CC2)c(C)c1. The van der Waals surface area contributed by atoms with Crippen LogP contribution in [0.15, 0.2) is 43.0 Å². The van der Waals surface area contributed by atoms with E-state index in [9.17, 15) is 4.79 Å². The first-order chi connectivity index (χ1) is 15.6. The summed E-state index contributed by atoms with van der Waals surface area (Å²) in [5, 5.41) is 15.8. The number of amides is 1. The van der Waals surface area contributed by atoms with Crippen LogP contribution in [0.2, 0.25) is 0 Å². The van der Waals surface area contributed by atoms with Gasteiger partial charge in [0.2, 0.25) is 5.91 Å². The average Bonchev–Trinajstić information content (AvgIpc) is 3.37. The molecule has 0 unspecified atom stereocenters. The van der Waals surface area contributed by atoms with Gasteiger partial charge in [0.25, 0.3) is 0 Å². The number of anilines is 3. The summed E-state index contributed by atoms with van der Waals surface area (Å²) in [5.74, 6) is 1.53. The van der Waals surface area contributed by atoms with Gasteiger partial charge in [0.05, 0.1) is 0 Å². The molecule has 0 aliphatic carbocycles. The number of benzene rings is 1. The van der Waals surface area contributed by atoms with Gasteiger partial charge in [-0.1, -0.05) is 0 Å². The molecule has 1 aromatic carbocycles. The van der Waals surface area contributed by atoms with Crippen molar-refractivity contribution in [2.45, 2.75) is 33.6 Å². The van der Waals surface area contributed by atoms with Gasteiger partial charge in [-0.3, -0.25) is 4.79 Å². The van der Waals surface area contributed by atoms with Crippen LogP contribution in [0.1, 0.15) is 32.3 Å². The molecule has 0 atom stereocenters. The zero-order valence-electron chi connectivity index (χ0n) is 18.9. The first-order valence-electron chi connectivity index (χ1n) is 11.2. The number of piperidine rings is 1. The number of carbonyl (C=O) groups is 1. The lowest BCUT2D eigenvalue weighted by atomic mass is 9.95. The van der Waals surface area contributed by atoms with Crippen LogP contribution < -0.4 is 15.1 Å². The van der Waals surface area contributed by atoms with Crippen LogP contribution in [0.5, 0.6) is 0 Å². The maximum Gasteiger partial charge on any atom is 0.227 e. The lowest BCUT2D eigenvalue weighted by molar-refractivity contribution is -0.120. The van der Waals surface area contributed by atoms with Crippen molar-refractivity contribution in [2.75, 3.05) is 41.3 Å². The summed E-state index contributed by atoms with van der Waals surface area (Å²) in [5.41, 5.74) is 3.17. The normalized spacial score (nSPS) is 14.4. The largest absolute Gasteiger partial charge is 0.372 e. The monoisotopic (exact) mass is 434 g/mol. The molecule has 0 spiro atoms. The predicted molar refractivity (Wildman–Crippen MR) is 125 cm³/mol. The Morgan fingerprint density at radius 3 is 2.41 bits per heavy atom. The number of hydrogen-bond donors (Lipinski definition) is 1. The summed E-state index contributed by atoms with van der Waals surface area (Å²) in [7, 11) is 0. The summed E-state index contributed by atoms with van der Waals surface area (Å²) in [6, 6.07) is 10.1. The molecule has 1 saturated heterocycles. The van der Waals surface area contributed by atoms with Crippen molar-refractivity contribution in [2.24, 2.45) is 5.92 Å². The molecule has 1 N–H and O–H groups in total. The van der Waals surface area contributed by atoms with Crippen LogP contribution in [-0.2, 0) is 4.79 Å². The average molecular weight is 435 g/mol. The first-order valence-corrected chi connectivity index (χ1v) is 11.2. The summed E-state index contributed by atoms with van der Waals surface area (Å²) in [4.78, 5) is 21.3. The Labute approximate surface area is 188 Å². The lowest BCUT2D eigenvalue weighted by Gasteiger charge is -2.32. The summed E-state index contributed by atoms with van der Waals surface area (Å²) < 4.78 is 1.57. The van der Waals surface area contributed by atoms with Gasteiger partial charge in [-0.25, -0.2) is 9.67 Å². The summed E-state index contributed by atoms with van der Waals surface area (Å²) >= 11 is 0. The molecule has 9 heteroatoms. The van der Waals surface area contributed by atoms with E-state index in [1.807, 2.05) is 25.1 Å². The highest BCUT2D eigenvalue weighted by molar-refractivity contribution is 5.93. The van der Waals surface area contributed by atoms with Gasteiger partial charge in [-0.05, 0) is 69.5 Å². The molecule has 3 aromatic rings. The van der Waals surface area contributed by atoms with E-state index in [1.165, 1.54) is 12.0 Å². The maximum absolute atomic E-state index is 12.9. The third-order valence-corrected chi connectivity index (χ3v) is 6.08. The quantitative estimate of drug-likeness (QED) is 0.611. The Morgan fingerprint density at radius 1 is 1.09 bits per heavy atom. The first kappa shape index (κ1) is 21.7. The molecule has 1 fully saturated rings. The Morgan fingerprint density at radius 2 is 1.81 bits per heavy atom. The molecule has 9 nitrogen and oxygen atoms in total. The van der Waals surface area contributed by atoms with Crippen LogP contribution in [0, 0.1) is 12.8 Å². The number of aromatic nitrogens is 5. The number of carbonyl (C=O) groups excluding carboxylic acids is 1. The van der Waals surface area contributed by atoms with Crippen LogP contribution >= 0.6 is 0 Å². The minimum Gasteiger partial charge on any atom is -0.372 e. The van der Waals surface area contributed by atoms with Gasteiger partial charge >= 0.3 is 0 Å². The fraction of sp³-hybridized carbons (Fsp3) is 0.435. The third kappa shape index (κ3) is 4.71. The van der Waals surface area contributed by atoms with Gasteiger partial charge in [0, 0.05) is 43.5 Å². The van der Waals surface area contributed by atoms with E-state index in [0.29, 0.717) is 5.82 Å². The Balaban J connectivity index is 1.33. The minimum atomic E-state index is -0.00418. The van der Waals surface area contributed by atoms with E-state index < -0.39 is 0 Å². The highest BCUT2D eigenvalue weighted by Gasteiger charge is 2.26. The smallest absolute Gasteiger partial charge is 0.227 e. The second-order valence-corrected chi connectivity index (χ2v) is 8.01. The van der Waals surface area contributed by atoms with E-state index in [1.54, 1.807) is 11.0 Å². The molecule has 1 aliphatic rings. The lowest BCUT2D eigenvalue weighted by Crippen LogP contribution is -2.38.